The number of aryl methyl sites for hydroxylation is 1. The Morgan fingerprint density at radius 1 is 1.69 bits per heavy atom. The van der Waals surface area contributed by atoms with Crippen LogP contribution in [0.2, 0.25) is 0 Å². The largest absolute Gasteiger partial charge is 0.381 e. The van der Waals surface area contributed by atoms with E-state index in [-0.39, 0.29) is 0 Å². The van der Waals surface area contributed by atoms with Gasteiger partial charge in [0.1, 0.15) is 11.4 Å². The molecule has 0 aliphatic carbocycles. The molecule has 0 saturated carbocycles. The first-order valence-corrected chi connectivity index (χ1v) is 4.50. The van der Waals surface area contributed by atoms with Crippen LogP contribution in [0.5, 0.6) is 0 Å². The highest BCUT2D eigenvalue weighted by Crippen LogP contribution is 2.17. The van der Waals surface area contributed by atoms with Crippen LogP contribution in [0.1, 0.15) is 19.7 Å². The number of nitrogens with one attached hydrogen (secondary N) is 1. The van der Waals surface area contributed by atoms with Gasteiger partial charge in [0, 0.05) is 25.5 Å². The number of aliphatic hydroxyl groups is 1. The molecule has 1 heterocycles. The molecule has 1 aromatic rings. The summed E-state index contributed by atoms with van der Waals surface area (Å²) < 4.78 is 1.94. The summed E-state index contributed by atoms with van der Waals surface area (Å²) in [5.74, 6) is 0.712. The number of hydrogen-bond donors (Lipinski definition) is 2. The van der Waals surface area contributed by atoms with E-state index in [0.717, 1.165) is 6.54 Å². The molecule has 1 aromatic heterocycles. The average molecular weight is 183 g/mol. The van der Waals surface area contributed by atoms with Crippen molar-refractivity contribution in [2.24, 2.45) is 0 Å². The molecule has 0 radical (unpaired) electrons. The first kappa shape index (κ1) is 10.2. The minimum Gasteiger partial charge on any atom is -0.381 e. The number of aromatic nitrogens is 2. The summed E-state index contributed by atoms with van der Waals surface area (Å²) in [7, 11) is 1.81. The van der Waals surface area contributed by atoms with Crippen LogP contribution in [-0.2, 0) is 12.1 Å². The van der Waals surface area contributed by atoms with Gasteiger partial charge in [-0.1, -0.05) is 0 Å². The first-order chi connectivity index (χ1) is 6.11. The maximum atomic E-state index is 10.0. The summed E-state index contributed by atoms with van der Waals surface area (Å²) in [5, 5.41) is 13.0. The normalized spacial score (nSPS) is 15.7. The van der Waals surface area contributed by atoms with Crippen LogP contribution in [0, 0.1) is 0 Å². The Morgan fingerprint density at radius 2 is 2.38 bits per heavy atom. The highest BCUT2D eigenvalue weighted by Gasteiger charge is 2.26. The van der Waals surface area contributed by atoms with Gasteiger partial charge in [0.05, 0.1) is 0 Å². The Hall–Kier alpha value is -0.870. The number of likely N-dealkylation sites (N-methyl/N-ethyl adjacent to an activating group) is 1. The summed E-state index contributed by atoms with van der Waals surface area (Å²) in [6, 6.07) is 0. The van der Waals surface area contributed by atoms with Crippen molar-refractivity contribution in [2.45, 2.75) is 26.0 Å². The van der Waals surface area contributed by atoms with Gasteiger partial charge in [-0.15, -0.1) is 0 Å². The molecule has 0 saturated heterocycles. The van der Waals surface area contributed by atoms with Crippen molar-refractivity contribution in [1.29, 1.82) is 0 Å². The van der Waals surface area contributed by atoms with Crippen molar-refractivity contribution >= 4 is 0 Å². The van der Waals surface area contributed by atoms with E-state index in [1.54, 1.807) is 13.1 Å². The molecule has 0 bridgehead atoms. The quantitative estimate of drug-likeness (QED) is 0.707. The van der Waals surface area contributed by atoms with E-state index in [2.05, 4.69) is 10.3 Å². The van der Waals surface area contributed by atoms with E-state index in [1.165, 1.54) is 0 Å². The van der Waals surface area contributed by atoms with E-state index in [9.17, 15) is 5.11 Å². The third-order valence-corrected chi connectivity index (χ3v) is 2.06. The van der Waals surface area contributed by atoms with Gasteiger partial charge in [-0.2, -0.15) is 0 Å². The molecule has 4 heteroatoms. The molecule has 0 aliphatic heterocycles. The first-order valence-electron chi connectivity index (χ1n) is 4.50. The van der Waals surface area contributed by atoms with Crippen molar-refractivity contribution in [3.63, 3.8) is 0 Å². The van der Waals surface area contributed by atoms with Gasteiger partial charge in [0.2, 0.25) is 0 Å². The zero-order valence-corrected chi connectivity index (χ0v) is 8.41. The van der Waals surface area contributed by atoms with E-state index < -0.39 is 5.60 Å². The van der Waals surface area contributed by atoms with Crippen LogP contribution in [0.15, 0.2) is 12.4 Å². The van der Waals surface area contributed by atoms with Crippen molar-refractivity contribution < 1.29 is 5.11 Å². The second kappa shape index (κ2) is 3.89. The summed E-state index contributed by atoms with van der Waals surface area (Å²) in [5.41, 5.74) is -0.895. The van der Waals surface area contributed by atoms with Crippen molar-refractivity contribution in [2.75, 3.05) is 13.6 Å². The molecule has 74 valence electrons. The highest BCUT2D eigenvalue weighted by atomic mass is 16.3. The lowest BCUT2D eigenvalue weighted by molar-refractivity contribution is 0.0462. The minimum absolute atomic E-state index is 0.504. The van der Waals surface area contributed by atoms with Gasteiger partial charge in [0.25, 0.3) is 0 Å². The molecule has 0 amide bonds. The molecule has 13 heavy (non-hydrogen) atoms. The third kappa shape index (κ3) is 2.08. The maximum absolute atomic E-state index is 10.0. The number of rotatable bonds is 4. The zero-order valence-electron chi connectivity index (χ0n) is 8.41. The molecule has 1 unspecified atom stereocenters. The molecule has 1 rings (SSSR count). The number of imidazole rings is 1. The summed E-state index contributed by atoms with van der Waals surface area (Å²) in [6.45, 7) is 5.12. The SMILES string of the molecule is CCn1ccnc1C(C)(O)CNC. The molecule has 1 atom stereocenters. The molecule has 0 aromatic carbocycles. The van der Waals surface area contributed by atoms with Gasteiger partial charge in [-0.05, 0) is 20.9 Å². The fourth-order valence-electron chi connectivity index (χ4n) is 1.46. The van der Waals surface area contributed by atoms with E-state index in [0.29, 0.717) is 12.4 Å². The van der Waals surface area contributed by atoms with Crippen LogP contribution in [0.3, 0.4) is 0 Å². The molecule has 4 nitrogen and oxygen atoms in total. The summed E-state index contributed by atoms with van der Waals surface area (Å²) in [4.78, 5) is 4.15. The van der Waals surface area contributed by atoms with Gasteiger partial charge in [-0.3, -0.25) is 0 Å². The van der Waals surface area contributed by atoms with Crippen molar-refractivity contribution in [3.8, 4) is 0 Å². The Labute approximate surface area is 78.6 Å². The van der Waals surface area contributed by atoms with Crippen molar-refractivity contribution in [3.05, 3.63) is 18.2 Å². The second-order valence-electron chi connectivity index (χ2n) is 3.34. The van der Waals surface area contributed by atoms with Gasteiger partial charge in [0.15, 0.2) is 0 Å². The van der Waals surface area contributed by atoms with E-state index in [1.807, 2.05) is 24.7 Å². The second-order valence-corrected chi connectivity index (χ2v) is 3.34. The van der Waals surface area contributed by atoms with Crippen LogP contribution >= 0.6 is 0 Å². The number of hydrogen-bond acceptors (Lipinski definition) is 3. The van der Waals surface area contributed by atoms with Crippen molar-refractivity contribution in [1.82, 2.24) is 14.9 Å². The van der Waals surface area contributed by atoms with Crippen LogP contribution in [0.25, 0.3) is 0 Å². The lowest BCUT2D eigenvalue weighted by Crippen LogP contribution is -2.36. The summed E-state index contributed by atoms with van der Waals surface area (Å²) >= 11 is 0. The molecule has 0 fully saturated rings. The van der Waals surface area contributed by atoms with Gasteiger partial charge in [-0.25, -0.2) is 4.98 Å². The summed E-state index contributed by atoms with van der Waals surface area (Å²) in [6.07, 6.45) is 3.59. The topological polar surface area (TPSA) is 50.1 Å². The molecule has 0 aliphatic rings. The molecule has 0 spiro atoms. The Kier molecular flexibility index (Phi) is 3.06. The standard InChI is InChI=1S/C9H17N3O/c1-4-12-6-5-11-8(12)9(2,13)7-10-3/h5-6,10,13H,4,7H2,1-3H3. The zero-order chi connectivity index (χ0) is 9.90. The number of nitrogens with zero attached hydrogens (tertiary/aromatic N) is 2. The van der Waals surface area contributed by atoms with Gasteiger partial charge < -0.3 is 15.0 Å². The Bertz CT molecular complexity index is 268. The minimum atomic E-state index is -0.895. The highest BCUT2D eigenvalue weighted by molar-refractivity contribution is 5.04. The van der Waals surface area contributed by atoms with Crippen LogP contribution < -0.4 is 5.32 Å². The molecular weight excluding hydrogens is 166 g/mol. The van der Waals surface area contributed by atoms with E-state index in [4.69, 9.17) is 0 Å². The fraction of sp³-hybridized carbons (Fsp3) is 0.667. The van der Waals surface area contributed by atoms with E-state index >= 15 is 0 Å². The average Bonchev–Trinajstić information content (AvgIpc) is 2.51. The van der Waals surface area contributed by atoms with Crippen LogP contribution in [0.4, 0.5) is 0 Å². The maximum Gasteiger partial charge on any atom is 0.141 e. The molecular formula is C9H17N3O. The monoisotopic (exact) mass is 183 g/mol. The predicted molar refractivity (Wildman–Crippen MR) is 51.4 cm³/mol. The van der Waals surface area contributed by atoms with Gasteiger partial charge >= 0.3 is 0 Å². The smallest absolute Gasteiger partial charge is 0.141 e. The molecule has 2 N–H and O–H groups in total. The fourth-order valence-corrected chi connectivity index (χ4v) is 1.46. The Morgan fingerprint density at radius 3 is 2.92 bits per heavy atom. The third-order valence-electron chi connectivity index (χ3n) is 2.06. The lowest BCUT2D eigenvalue weighted by Gasteiger charge is -2.22. The Balaban J connectivity index is 2.91. The van der Waals surface area contributed by atoms with Crippen LogP contribution in [-0.4, -0.2) is 28.3 Å². The lowest BCUT2D eigenvalue weighted by atomic mass is 10.1. The predicted octanol–water partition coefficient (Wildman–Crippen LogP) is 0.330.